The number of non-ortho nitro benzene ring substituents is 1. The van der Waals surface area contributed by atoms with E-state index in [1.54, 1.807) is 7.11 Å². The third-order valence-electron chi connectivity index (χ3n) is 10.2. The van der Waals surface area contributed by atoms with Crippen LogP contribution in [0.2, 0.25) is 0 Å². The number of rotatable bonds is 8. The van der Waals surface area contributed by atoms with Crippen LogP contribution in [0.15, 0.2) is 54.6 Å². The summed E-state index contributed by atoms with van der Waals surface area (Å²) in [5, 5.41) is 26.8. The number of carbonyl (C=O) groups excluding carboxylic acids is 2. The number of nitrogens with one attached hydrogen (secondary N) is 1. The zero-order chi connectivity index (χ0) is 31.4. The van der Waals surface area contributed by atoms with Crippen molar-refractivity contribution in [1.29, 1.82) is 0 Å². The fourth-order valence-electron chi connectivity index (χ4n) is 8.77. The van der Waals surface area contributed by atoms with E-state index in [1.165, 1.54) is 31.2 Å². The fraction of sp³-hybridized carbons (Fsp3) is 0.500. The van der Waals surface area contributed by atoms with E-state index in [2.05, 4.69) is 40.3 Å². The van der Waals surface area contributed by atoms with Gasteiger partial charge in [-0.25, -0.2) is 4.79 Å². The predicted octanol–water partition coefficient (Wildman–Crippen LogP) is 3.30. The molecule has 1 saturated carbocycles. The maximum Gasteiger partial charge on any atom is 0.407 e. The molecular weight excluding hydrogens is 568 g/mol. The van der Waals surface area contributed by atoms with E-state index in [0.29, 0.717) is 17.7 Å². The van der Waals surface area contributed by atoms with Crippen LogP contribution in [-0.4, -0.2) is 84.6 Å². The normalized spacial score (nSPS) is 31.5. The summed E-state index contributed by atoms with van der Waals surface area (Å²) in [5.74, 6) is 0.177. The summed E-state index contributed by atoms with van der Waals surface area (Å²) in [6.45, 7) is 4.60. The van der Waals surface area contributed by atoms with Crippen LogP contribution in [0.3, 0.4) is 0 Å². The Kier molecular flexibility index (Phi) is 7.32. The van der Waals surface area contributed by atoms with Crippen LogP contribution in [-0.2, 0) is 26.3 Å². The summed E-state index contributed by atoms with van der Waals surface area (Å²) < 4.78 is 17.1. The molecule has 3 aliphatic heterocycles. The Labute approximate surface area is 255 Å². The molecule has 1 saturated heterocycles. The molecule has 2 fully saturated rings. The molecular formula is C32H38N4O8. The SMILES string of the molecule is CCC12C=CCN3CC[C@@]4(c5ccc(OC)cc5N(C)[C@H]4[C@@](O)(CNC(=O)OCc4ccc([N+](=O)[O-])cc4)[C@@H]1OC(C)=O)[C@@H]32. The summed E-state index contributed by atoms with van der Waals surface area (Å²) in [6.07, 6.45) is 3.83. The van der Waals surface area contributed by atoms with E-state index in [0.717, 1.165) is 30.8 Å². The van der Waals surface area contributed by atoms with Crippen LogP contribution < -0.4 is 15.0 Å². The lowest BCUT2D eigenvalue weighted by Gasteiger charge is -2.64. The molecule has 1 spiro atoms. The highest BCUT2D eigenvalue weighted by Crippen LogP contribution is 2.67. The number of hydrogen-bond acceptors (Lipinski definition) is 10. The highest BCUT2D eigenvalue weighted by molar-refractivity contribution is 5.72. The first-order valence-corrected chi connectivity index (χ1v) is 14.9. The number of methoxy groups -OCH3 is 1. The molecule has 6 atom stereocenters. The lowest BCUT2D eigenvalue weighted by atomic mass is 9.47. The van der Waals surface area contributed by atoms with Gasteiger partial charge in [0.05, 0.1) is 24.6 Å². The third kappa shape index (κ3) is 4.26. The monoisotopic (exact) mass is 606 g/mol. The van der Waals surface area contributed by atoms with E-state index < -0.39 is 45.6 Å². The molecule has 6 rings (SSSR count). The molecule has 0 aromatic heterocycles. The Morgan fingerprint density at radius 2 is 1.93 bits per heavy atom. The van der Waals surface area contributed by atoms with Gasteiger partial charge in [0.15, 0.2) is 0 Å². The number of ether oxygens (including phenoxy) is 3. The van der Waals surface area contributed by atoms with Crippen molar-refractivity contribution in [3.8, 4) is 5.75 Å². The average molecular weight is 607 g/mol. The number of fused-ring (bicyclic) bond motifs is 1. The number of nitrogens with zero attached hydrogens (tertiary/aromatic N) is 3. The van der Waals surface area contributed by atoms with E-state index in [9.17, 15) is 24.8 Å². The number of nitro groups is 1. The lowest BCUT2D eigenvalue weighted by Crippen LogP contribution is -2.81. The minimum absolute atomic E-state index is 0.0622. The quantitative estimate of drug-likeness (QED) is 0.199. The number of hydrogen-bond donors (Lipinski definition) is 2. The Hall–Kier alpha value is -4.16. The number of amides is 1. The number of carbonyl (C=O) groups is 2. The van der Waals surface area contributed by atoms with Gasteiger partial charge < -0.3 is 29.5 Å². The molecule has 2 aromatic rings. The van der Waals surface area contributed by atoms with Crippen molar-refractivity contribution in [2.24, 2.45) is 5.41 Å². The first kappa shape index (κ1) is 29.9. The topological polar surface area (TPSA) is 144 Å². The van der Waals surface area contributed by atoms with Gasteiger partial charge in [-0.05, 0) is 48.7 Å². The van der Waals surface area contributed by atoms with Crippen LogP contribution >= 0.6 is 0 Å². The van der Waals surface area contributed by atoms with Crippen molar-refractivity contribution in [2.75, 3.05) is 38.7 Å². The van der Waals surface area contributed by atoms with Gasteiger partial charge in [0, 0.05) is 61.3 Å². The number of benzene rings is 2. The summed E-state index contributed by atoms with van der Waals surface area (Å²) in [7, 11) is 3.55. The minimum Gasteiger partial charge on any atom is -0.497 e. The van der Waals surface area contributed by atoms with E-state index in [-0.39, 0.29) is 24.9 Å². The van der Waals surface area contributed by atoms with Crippen molar-refractivity contribution in [1.82, 2.24) is 10.2 Å². The molecule has 0 bridgehead atoms. The maximum atomic E-state index is 13.1. The fourth-order valence-corrected chi connectivity index (χ4v) is 8.77. The summed E-state index contributed by atoms with van der Waals surface area (Å²) >= 11 is 0. The van der Waals surface area contributed by atoms with Gasteiger partial charge >= 0.3 is 12.1 Å². The van der Waals surface area contributed by atoms with Crippen LogP contribution in [0.1, 0.15) is 37.8 Å². The minimum atomic E-state index is -1.73. The lowest BCUT2D eigenvalue weighted by molar-refractivity contribution is -0.384. The van der Waals surface area contributed by atoms with Crippen LogP contribution in [0.5, 0.6) is 5.75 Å². The van der Waals surface area contributed by atoms with Crippen LogP contribution in [0, 0.1) is 15.5 Å². The van der Waals surface area contributed by atoms with Gasteiger partial charge in [0.1, 0.15) is 24.1 Å². The van der Waals surface area contributed by atoms with Gasteiger partial charge in [-0.1, -0.05) is 25.1 Å². The van der Waals surface area contributed by atoms with Crippen molar-refractivity contribution in [3.63, 3.8) is 0 Å². The van der Waals surface area contributed by atoms with Crippen LogP contribution in [0.4, 0.5) is 16.2 Å². The number of esters is 1. The molecule has 3 heterocycles. The maximum absolute atomic E-state index is 13.1. The second-order valence-corrected chi connectivity index (χ2v) is 12.3. The van der Waals surface area contributed by atoms with E-state index in [4.69, 9.17) is 14.2 Å². The Morgan fingerprint density at radius 3 is 2.59 bits per heavy atom. The molecule has 0 radical (unpaired) electrons. The summed E-state index contributed by atoms with van der Waals surface area (Å²) in [6, 6.07) is 11.1. The zero-order valence-electron chi connectivity index (χ0n) is 25.3. The van der Waals surface area contributed by atoms with Gasteiger partial charge in [0.25, 0.3) is 5.69 Å². The number of likely N-dealkylation sites (N-methyl/N-ethyl adjacent to an activating group) is 1. The molecule has 12 nitrogen and oxygen atoms in total. The predicted molar refractivity (Wildman–Crippen MR) is 160 cm³/mol. The first-order valence-electron chi connectivity index (χ1n) is 14.9. The molecule has 44 heavy (non-hydrogen) atoms. The second-order valence-electron chi connectivity index (χ2n) is 12.3. The van der Waals surface area contributed by atoms with Crippen molar-refractivity contribution in [2.45, 2.75) is 62.5 Å². The molecule has 12 heteroatoms. The van der Waals surface area contributed by atoms with Gasteiger partial charge in [-0.3, -0.25) is 19.8 Å². The largest absolute Gasteiger partial charge is 0.497 e. The standard InChI is InChI=1S/C32H38N4O8/c1-5-30-13-6-15-35-16-14-31(26(30)35)24-12-11-23(42-4)17-25(24)34(3)27(31)32(39,28(30)44-20(2)37)19-33-29(38)43-18-21-7-9-22(10-8-21)36(40)41/h6-13,17,26-28,39H,5,14-16,18-19H2,1-4H3,(H,33,38)/t26-,27+,28+,30?,31+,32-/m0/s1. The van der Waals surface area contributed by atoms with Crippen LogP contribution in [0.25, 0.3) is 0 Å². The highest BCUT2D eigenvalue weighted by atomic mass is 16.6. The average Bonchev–Trinajstić information content (AvgIpc) is 3.53. The number of aliphatic hydroxyl groups is 1. The van der Waals surface area contributed by atoms with Gasteiger partial charge in [-0.15, -0.1) is 0 Å². The number of alkyl carbamates (subject to hydrolysis) is 1. The molecule has 2 aromatic carbocycles. The number of anilines is 1. The smallest absolute Gasteiger partial charge is 0.407 e. The van der Waals surface area contributed by atoms with E-state index >= 15 is 0 Å². The van der Waals surface area contributed by atoms with Crippen molar-refractivity contribution in [3.05, 3.63) is 75.9 Å². The van der Waals surface area contributed by atoms with Gasteiger partial charge in [-0.2, -0.15) is 0 Å². The second kappa shape index (κ2) is 10.8. The summed E-state index contributed by atoms with van der Waals surface area (Å²) in [4.78, 5) is 40.7. The Morgan fingerprint density at radius 1 is 1.18 bits per heavy atom. The first-order chi connectivity index (χ1) is 21.0. The van der Waals surface area contributed by atoms with Gasteiger partial charge in [0.2, 0.25) is 0 Å². The zero-order valence-corrected chi connectivity index (χ0v) is 25.3. The molecule has 1 amide bonds. The molecule has 2 N–H and O–H groups in total. The number of nitro benzene ring substituents is 1. The third-order valence-corrected chi connectivity index (χ3v) is 10.2. The summed E-state index contributed by atoms with van der Waals surface area (Å²) in [5.41, 5.74) is -0.461. The van der Waals surface area contributed by atoms with Crippen molar-refractivity contribution >= 4 is 23.4 Å². The van der Waals surface area contributed by atoms with E-state index in [1.807, 2.05) is 19.2 Å². The Bertz CT molecular complexity index is 1510. The molecule has 1 aliphatic carbocycles. The Balaban J connectivity index is 1.38. The molecule has 1 unspecified atom stereocenters. The van der Waals surface area contributed by atoms with Crippen molar-refractivity contribution < 1.29 is 33.8 Å². The molecule has 234 valence electrons. The molecule has 4 aliphatic rings. The highest BCUT2D eigenvalue weighted by Gasteiger charge is 2.77.